The summed E-state index contributed by atoms with van der Waals surface area (Å²) in [5, 5.41) is 8.87. The Labute approximate surface area is 119 Å². The third-order valence-corrected chi connectivity index (χ3v) is 3.71. The van der Waals surface area contributed by atoms with Crippen molar-refractivity contribution >= 4 is 17.5 Å². The van der Waals surface area contributed by atoms with Crippen molar-refractivity contribution < 1.29 is 4.52 Å². The smallest absolute Gasteiger partial charge is 0.253 e. The second-order valence-electron chi connectivity index (χ2n) is 4.58. The van der Waals surface area contributed by atoms with Gasteiger partial charge in [0.05, 0.1) is 5.25 Å². The van der Waals surface area contributed by atoms with Crippen LogP contribution in [0.15, 0.2) is 15.7 Å². The van der Waals surface area contributed by atoms with Crippen LogP contribution in [0.3, 0.4) is 0 Å². The molecule has 0 radical (unpaired) electrons. The molecule has 20 heavy (non-hydrogen) atoms. The van der Waals surface area contributed by atoms with Gasteiger partial charge in [0.2, 0.25) is 11.0 Å². The van der Waals surface area contributed by atoms with Gasteiger partial charge in [-0.2, -0.15) is 9.97 Å². The van der Waals surface area contributed by atoms with E-state index in [0.717, 1.165) is 11.4 Å². The molecule has 0 saturated carbocycles. The molecule has 0 aliphatic heterocycles. The molecule has 0 spiro atoms. The second-order valence-corrected chi connectivity index (χ2v) is 5.89. The van der Waals surface area contributed by atoms with E-state index in [2.05, 4.69) is 25.2 Å². The lowest BCUT2D eigenvalue weighted by Crippen LogP contribution is -1.97. The van der Waals surface area contributed by atoms with Crippen LogP contribution in [0.4, 0.5) is 0 Å². The summed E-state index contributed by atoms with van der Waals surface area (Å²) in [7, 11) is 0. The molecule has 0 amide bonds. The Morgan fingerprint density at radius 3 is 2.70 bits per heavy atom. The van der Waals surface area contributed by atoms with E-state index in [1.807, 2.05) is 26.8 Å². The van der Waals surface area contributed by atoms with E-state index in [1.165, 1.54) is 11.8 Å². The lowest BCUT2D eigenvalue weighted by atomic mass is 10.4. The van der Waals surface area contributed by atoms with E-state index in [9.17, 15) is 0 Å². The summed E-state index contributed by atoms with van der Waals surface area (Å²) in [6, 6.07) is 1.97. The van der Waals surface area contributed by atoms with Crippen molar-refractivity contribution in [3.05, 3.63) is 29.2 Å². The molecule has 0 bridgehead atoms. The van der Waals surface area contributed by atoms with Gasteiger partial charge in [0.1, 0.15) is 0 Å². The van der Waals surface area contributed by atoms with Crippen molar-refractivity contribution in [1.29, 1.82) is 0 Å². The van der Waals surface area contributed by atoms with Gasteiger partial charge in [-0.05, 0) is 33.8 Å². The molecular formula is C12H14N6OS. The van der Waals surface area contributed by atoms with Crippen molar-refractivity contribution in [2.75, 3.05) is 0 Å². The Morgan fingerprint density at radius 2 is 2.00 bits per heavy atom. The molecule has 0 aliphatic rings. The molecule has 1 unspecified atom stereocenters. The summed E-state index contributed by atoms with van der Waals surface area (Å²) < 4.78 is 6.89. The van der Waals surface area contributed by atoms with E-state index in [-0.39, 0.29) is 5.25 Å². The summed E-state index contributed by atoms with van der Waals surface area (Å²) in [4.78, 5) is 13.0. The van der Waals surface area contributed by atoms with Crippen LogP contribution in [0.1, 0.15) is 35.3 Å². The van der Waals surface area contributed by atoms with Crippen molar-refractivity contribution in [2.45, 2.75) is 38.1 Å². The Hall–Kier alpha value is -1.96. The zero-order valence-electron chi connectivity index (χ0n) is 11.7. The highest BCUT2D eigenvalue weighted by Gasteiger charge is 2.18. The molecule has 0 saturated heterocycles. The highest BCUT2D eigenvalue weighted by molar-refractivity contribution is 7.99. The number of thioether (sulfide) groups is 1. The first-order chi connectivity index (χ1) is 9.52. The standard InChI is InChI=1S/C12H14N6OS/c1-6-5-7(2)18-11(13-6)15-12(16-18)20-8(3)10-14-9(4)17-19-10/h5,8H,1-4H3. The maximum Gasteiger partial charge on any atom is 0.253 e. The maximum absolute atomic E-state index is 5.16. The summed E-state index contributed by atoms with van der Waals surface area (Å²) in [6.45, 7) is 7.70. The molecule has 8 heteroatoms. The minimum absolute atomic E-state index is 0.00462. The van der Waals surface area contributed by atoms with E-state index >= 15 is 0 Å². The zero-order valence-corrected chi connectivity index (χ0v) is 12.5. The molecule has 0 N–H and O–H groups in total. The molecule has 0 aliphatic carbocycles. The number of nitrogens with zero attached hydrogens (tertiary/aromatic N) is 6. The first-order valence-corrected chi connectivity index (χ1v) is 7.09. The van der Waals surface area contributed by atoms with Crippen LogP contribution in [0.5, 0.6) is 0 Å². The molecule has 3 aromatic rings. The average Bonchev–Trinajstić information content (AvgIpc) is 2.95. The first kappa shape index (κ1) is 13.0. The van der Waals surface area contributed by atoms with E-state index < -0.39 is 0 Å². The molecule has 3 heterocycles. The van der Waals surface area contributed by atoms with E-state index in [4.69, 9.17) is 4.52 Å². The van der Waals surface area contributed by atoms with Gasteiger partial charge in [-0.1, -0.05) is 16.9 Å². The van der Waals surface area contributed by atoms with Crippen LogP contribution in [0, 0.1) is 20.8 Å². The molecule has 104 valence electrons. The number of aryl methyl sites for hydroxylation is 3. The monoisotopic (exact) mass is 290 g/mol. The topological polar surface area (TPSA) is 82.0 Å². The molecule has 1 atom stereocenters. The number of fused-ring (bicyclic) bond motifs is 1. The molecule has 3 aromatic heterocycles. The van der Waals surface area contributed by atoms with Crippen LogP contribution in [-0.2, 0) is 0 Å². The fourth-order valence-corrected chi connectivity index (χ4v) is 2.66. The van der Waals surface area contributed by atoms with E-state index in [0.29, 0.717) is 22.6 Å². The first-order valence-electron chi connectivity index (χ1n) is 6.21. The van der Waals surface area contributed by atoms with Crippen molar-refractivity contribution in [1.82, 2.24) is 29.7 Å². The van der Waals surface area contributed by atoms with Gasteiger partial charge in [-0.25, -0.2) is 9.50 Å². The highest BCUT2D eigenvalue weighted by Crippen LogP contribution is 2.31. The van der Waals surface area contributed by atoms with Crippen molar-refractivity contribution in [2.24, 2.45) is 0 Å². The number of hydrogen-bond donors (Lipinski definition) is 0. The maximum atomic E-state index is 5.16. The Kier molecular flexibility index (Phi) is 3.17. The van der Waals surface area contributed by atoms with Crippen LogP contribution in [-0.4, -0.2) is 29.7 Å². The summed E-state index contributed by atoms with van der Waals surface area (Å²) in [5.74, 6) is 1.81. The highest BCUT2D eigenvalue weighted by atomic mass is 32.2. The van der Waals surface area contributed by atoms with Crippen molar-refractivity contribution in [3.8, 4) is 0 Å². The third kappa shape index (κ3) is 2.38. The lowest BCUT2D eigenvalue weighted by molar-refractivity contribution is 0.376. The normalized spacial score (nSPS) is 13.0. The summed E-state index contributed by atoms with van der Waals surface area (Å²) in [6.07, 6.45) is 0. The fourth-order valence-electron chi connectivity index (χ4n) is 1.88. The van der Waals surface area contributed by atoms with Gasteiger partial charge in [-0.15, -0.1) is 5.10 Å². The van der Waals surface area contributed by atoms with Crippen LogP contribution in [0.25, 0.3) is 5.78 Å². The van der Waals surface area contributed by atoms with Gasteiger partial charge < -0.3 is 4.52 Å². The number of aromatic nitrogens is 6. The Balaban J connectivity index is 1.89. The third-order valence-electron chi connectivity index (χ3n) is 2.77. The molecule has 7 nitrogen and oxygen atoms in total. The lowest BCUT2D eigenvalue weighted by Gasteiger charge is -2.00. The largest absolute Gasteiger partial charge is 0.338 e. The van der Waals surface area contributed by atoms with Crippen LogP contribution >= 0.6 is 11.8 Å². The number of rotatable bonds is 3. The molecule has 3 rings (SSSR count). The van der Waals surface area contributed by atoms with Gasteiger partial charge in [0, 0.05) is 11.4 Å². The van der Waals surface area contributed by atoms with E-state index in [1.54, 1.807) is 11.4 Å². The minimum Gasteiger partial charge on any atom is -0.338 e. The second kappa shape index (κ2) is 4.86. The quantitative estimate of drug-likeness (QED) is 0.684. The van der Waals surface area contributed by atoms with Gasteiger partial charge in [-0.3, -0.25) is 0 Å². The zero-order chi connectivity index (χ0) is 14.3. The molecule has 0 fully saturated rings. The summed E-state index contributed by atoms with van der Waals surface area (Å²) in [5.41, 5.74) is 1.94. The molecular weight excluding hydrogens is 276 g/mol. The average molecular weight is 290 g/mol. The van der Waals surface area contributed by atoms with Crippen LogP contribution in [0.2, 0.25) is 0 Å². The summed E-state index contributed by atoms with van der Waals surface area (Å²) >= 11 is 1.47. The fraction of sp³-hybridized carbons (Fsp3) is 0.417. The predicted octanol–water partition coefficient (Wildman–Crippen LogP) is 2.29. The predicted molar refractivity (Wildman–Crippen MR) is 73.6 cm³/mol. The van der Waals surface area contributed by atoms with Crippen LogP contribution < -0.4 is 0 Å². The Morgan fingerprint density at radius 1 is 1.20 bits per heavy atom. The minimum atomic E-state index is -0.00462. The van der Waals surface area contributed by atoms with Gasteiger partial charge in [0.25, 0.3) is 5.78 Å². The van der Waals surface area contributed by atoms with Gasteiger partial charge in [0.15, 0.2) is 5.82 Å². The molecule has 0 aromatic carbocycles. The SMILES string of the molecule is Cc1cc(C)n2nc(SC(C)c3nc(C)no3)nc2n1. The van der Waals surface area contributed by atoms with Gasteiger partial charge >= 0.3 is 0 Å². The number of hydrogen-bond acceptors (Lipinski definition) is 7. The Bertz CT molecular complexity index is 764. The van der Waals surface area contributed by atoms with Crippen molar-refractivity contribution in [3.63, 3.8) is 0 Å².